The lowest BCUT2D eigenvalue weighted by Gasteiger charge is -2.12. The molecule has 0 aromatic carbocycles. The number of hydrogen-bond acceptors (Lipinski definition) is 6. The van der Waals surface area contributed by atoms with Crippen molar-refractivity contribution in [2.75, 3.05) is 13.2 Å². The van der Waals surface area contributed by atoms with Crippen LogP contribution in [0.4, 0.5) is 0 Å². The zero-order valence-corrected chi connectivity index (χ0v) is 31.8. The highest BCUT2D eigenvalue weighted by molar-refractivity contribution is 5.87. The molecule has 9 heteroatoms. The maximum Gasteiger partial charge on any atom is 0.328 e. The number of aliphatic carboxylic acids is 1. The molecule has 0 aliphatic carbocycles. The van der Waals surface area contributed by atoms with Crippen molar-refractivity contribution in [3.8, 4) is 0 Å². The quantitative estimate of drug-likeness (QED) is 0.0309. The van der Waals surface area contributed by atoms with E-state index in [0.717, 1.165) is 89.9 Å². The van der Waals surface area contributed by atoms with Crippen molar-refractivity contribution in [2.45, 2.75) is 135 Å². The summed E-state index contributed by atoms with van der Waals surface area (Å²) in [6.07, 6.45) is 47.8. The summed E-state index contributed by atoms with van der Waals surface area (Å²) in [4.78, 5) is 47.2. The van der Waals surface area contributed by atoms with Gasteiger partial charge in [-0.1, -0.05) is 112 Å². The Hall–Kier alpha value is -4.24. The van der Waals surface area contributed by atoms with Crippen molar-refractivity contribution < 1.29 is 34.1 Å². The number of aliphatic hydroxyl groups excluding tert-OH is 1. The number of ether oxygens (including phenoxy) is 1. The van der Waals surface area contributed by atoms with E-state index in [9.17, 15) is 19.2 Å². The third kappa shape index (κ3) is 32.9. The summed E-state index contributed by atoms with van der Waals surface area (Å²) in [5.41, 5.74) is 0. The molecule has 0 fully saturated rings. The predicted molar refractivity (Wildman–Crippen MR) is 212 cm³/mol. The molecule has 52 heavy (non-hydrogen) atoms. The molecule has 0 saturated carbocycles. The van der Waals surface area contributed by atoms with Crippen LogP contribution in [0.25, 0.3) is 0 Å². The van der Waals surface area contributed by atoms with Crippen LogP contribution in [0.3, 0.4) is 0 Å². The summed E-state index contributed by atoms with van der Waals surface area (Å²) in [6.45, 7) is 3.15. The molecule has 2 amide bonds. The number of allylic oxidation sites excluding steroid dienone is 14. The summed E-state index contributed by atoms with van der Waals surface area (Å²) in [7, 11) is 0. The van der Waals surface area contributed by atoms with Gasteiger partial charge in [0.15, 0.2) is 0 Å². The molecule has 290 valence electrons. The summed E-state index contributed by atoms with van der Waals surface area (Å²) in [6, 6.07) is -1.40. The number of carbonyl (C=O) groups is 4. The molecule has 0 rings (SSSR count). The molecule has 0 heterocycles. The fourth-order valence-electron chi connectivity index (χ4n) is 4.64. The Labute approximate surface area is 313 Å². The zero-order valence-electron chi connectivity index (χ0n) is 31.8. The molecule has 0 aliphatic heterocycles. The number of rotatable bonds is 32. The van der Waals surface area contributed by atoms with Gasteiger partial charge in [-0.15, -0.1) is 0 Å². The van der Waals surface area contributed by atoms with E-state index in [1.165, 1.54) is 0 Å². The average molecular weight is 723 g/mol. The van der Waals surface area contributed by atoms with Gasteiger partial charge in [0.2, 0.25) is 11.8 Å². The number of aliphatic hydroxyl groups is 1. The number of esters is 1. The largest absolute Gasteiger partial charge is 0.480 e. The number of amides is 2. The van der Waals surface area contributed by atoms with Crippen LogP contribution in [-0.2, 0) is 23.9 Å². The average Bonchev–Trinajstić information content (AvgIpc) is 3.13. The second-order valence-electron chi connectivity index (χ2n) is 12.3. The highest BCUT2D eigenvalue weighted by Crippen LogP contribution is 2.10. The van der Waals surface area contributed by atoms with E-state index in [2.05, 4.69) is 97.4 Å². The molecule has 0 aliphatic rings. The Bertz CT molecular complexity index is 1190. The van der Waals surface area contributed by atoms with Crippen molar-refractivity contribution in [1.29, 1.82) is 0 Å². The molecule has 0 bridgehead atoms. The van der Waals surface area contributed by atoms with Gasteiger partial charge in [-0.25, -0.2) is 4.79 Å². The van der Waals surface area contributed by atoms with E-state index in [1.54, 1.807) is 0 Å². The summed E-state index contributed by atoms with van der Waals surface area (Å²) < 4.78 is 5.74. The van der Waals surface area contributed by atoms with Crippen LogP contribution in [0.2, 0.25) is 0 Å². The van der Waals surface area contributed by atoms with E-state index in [-0.39, 0.29) is 24.8 Å². The molecule has 9 nitrogen and oxygen atoms in total. The summed E-state index contributed by atoms with van der Waals surface area (Å²) >= 11 is 0. The molecule has 2 unspecified atom stereocenters. The first-order valence-corrected chi connectivity index (χ1v) is 19.2. The molecular formula is C43H66N2O7. The van der Waals surface area contributed by atoms with Gasteiger partial charge in [-0.2, -0.15) is 0 Å². The van der Waals surface area contributed by atoms with Gasteiger partial charge >= 0.3 is 11.9 Å². The SMILES string of the molecule is CC/C=C\C/C=C\C/C=C\C/C=C\C/C=C\CCCCCC(=O)OC(/C=C\C/C=C\CC)/C=C\CCCCCC(=O)NCC(=O)NC(CO)C(=O)O. The minimum Gasteiger partial charge on any atom is -0.480 e. The molecule has 0 spiro atoms. The normalized spacial score (nSPS) is 13.6. The lowest BCUT2D eigenvalue weighted by molar-refractivity contribution is -0.145. The predicted octanol–water partition coefficient (Wildman–Crippen LogP) is 8.70. The van der Waals surface area contributed by atoms with E-state index in [0.29, 0.717) is 12.8 Å². The van der Waals surface area contributed by atoms with Crippen LogP contribution in [0.15, 0.2) is 97.2 Å². The number of nitrogens with one attached hydrogen (secondary N) is 2. The van der Waals surface area contributed by atoms with Crippen LogP contribution in [0.1, 0.15) is 123 Å². The van der Waals surface area contributed by atoms with Crippen molar-refractivity contribution >= 4 is 23.8 Å². The van der Waals surface area contributed by atoms with Crippen molar-refractivity contribution in [2.24, 2.45) is 0 Å². The Kier molecular flexibility index (Phi) is 33.6. The Balaban J connectivity index is 4.27. The number of carboxylic acid groups (broad SMARTS) is 1. The van der Waals surface area contributed by atoms with Gasteiger partial charge < -0.3 is 25.6 Å². The minimum atomic E-state index is -1.40. The van der Waals surface area contributed by atoms with E-state index < -0.39 is 30.6 Å². The number of carbonyl (C=O) groups excluding carboxylic acids is 3. The Morgan fingerprint density at radius 3 is 1.60 bits per heavy atom. The van der Waals surface area contributed by atoms with Crippen LogP contribution in [0, 0.1) is 0 Å². The molecule has 2 atom stereocenters. The standard InChI is InChI=1S/C43H66N2O7/c1-3-5-7-9-10-11-12-13-14-15-16-17-18-19-20-21-22-27-31-35-42(49)52-38(32-28-24-8-6-4-2)33-29-25-23-26-30-34-40(47)44-36-41(48)45-39(37-46)43(50)51/h5-8,10-11,13-14,16-17,19-20,28-29,32-33,38-39,46H,3-4,9,12,15,18,21-27,30-31,34-37H2,1-2H3,(H,44,47)(H,45,48)(H,50,51)/b7-5-,8-6-,11-10-,14-13-,17-16-,20-19-,32-28-,33-29-. The van der Waals surface area contributed by atoms with E-state index in [4.69, 9.17) is 14.9 Å². The van der Waals surface area contributed by atoms with Crippen molar-refractivity contribution in [3.63, 3.8) is 0 Å². The first kappa shape index (κ1) is 47.8. The fourth-order valence-corrected chi connectivity index (χ4v) is 4.64. The Morgan fingerprint density at radius 2 is 1.06 bits per heavy atom. The topological polar surface area (TPSA) is 142 Å². The minimum absolute atomic E-state index is 0.201. The highest BCUT2D eigenvalue weighted by Gasteiger charge is 2.18. The fraction of sp³-hybridized carbons (Fsp3) is 0.535. The monoisotopic (exact) mass is 722 g/mol. The molecule has 0 aromatic rings. The third-order valence-corrected chi connectivity index (χ3v) is 7.54. The van der Waals surface area contributed by atoms with Gasteiger partial charge in [-0.3, -0.25) is 14.4 Å². The number of unbranched alkanes of at least 4 members (excludes halogenated alkanes) is 6. The van der Waals surface area contributed by atoms with Gasteiger partial charge in [0.05, 0.1) is 13.2 Å². The Morgan fingerprint density at radius 1 is 0.577 bits per heavy atom. The molecule has 0 aromatic heterocycles. The van der Waals surface area contributed by atoms with Crippen LogP contribution >= 0.6 is 0 Å². The summed E-state index contributed by atoms with van der Waals surface area (Å²) in [5, 5.41) is 22.4. The molecular weight excluding hydrogens is 656 g/mol. The summed E-state index contributed by atoms with van der Waals surface area (Å²) in [5.74, 6) is -2.53. The second kappa shape index (κ2) is 36.5. The van der Waals surface area contributed by atoms with Gasteiger partial charge in [0.25, 0.3) is 0 Å². The highest BCUT2D eigenvalue weighted by atomic mass is 16.5. The maximum atomic E-state index is 12.6. The first-order chi connectivity index (χ1) is 25.3. The van der Waals surface area contributed by atoms with Crippen LogP contribution in [0.5, 0.6) is 0 Å². The van der Waals surface area contributed by atoms with Gasteiger partial charge in [0.1, 0.15) is 12.1 Å². The van der Waals surface area contributed by atoms with Crippen LogP contribution < -0.4 is 10.6 Å². The maximum absolute atomic E-state index is 12.6. The van der Waals surface area contributed by atoms with Crippen LogP contribution in [-0.4, -0.2) is 59.3 Å². The lowest BCUT2D eigenvalue weighted by Crippen LogP contribution is -2.47. The van der Waals surface area contributed by atoms with Gasteiger partial charge in [-0.05, 0) is 95.6 Å². The van der Waals surface area contributed by atoms with Gasteiger partial charge in [0, 0.05) is 12.8 Å². The molecule has 4 N–H and O–H groups in total. The van der Waals surface area contributed by atoms with Crippen molar-refractivity contribution in [3.05, 3.63) is 97.2 Å². The molecule has 0 radical (unpaired) electrons. The zero-order chi connectivity index (χ0) is 38.3. The van der Waals surface area contributed by atoms with E-state index >= 15 is 0 Å². The number of carboxylic acids is 1. The smallest absolute Gasteiger partial charge is 0.328 e. The number of hydrogen-bond donors (Lipinski definition) is 4. The lowest BCUT2D eigenvalue weighted by atomic mass is 10.1. The van der Waals surface area contributed by atoms with E-state index in [1.807, 2.05) is 24.3 Å². The third-order valence-electron chi connectivity index (χ3n) is 7.54. The second-order valence-corrected chi connectivity index (χ2v) is 12.3. The molecule has 0 saturated heterocycles. The first-order valence-electron chi connectivity index (χ1n) is 19.2. The van der Waals surface area contributed by atoms with Crippen molar-refractivity contribution in [1.82, 2.24) is 10.6 Å².